The Morgan fingerprint density at radius 2 is 1.65 bits per heavy atom. The third-order valence-electron chi connectivity index (χ3n) is 5.93. The largest absolute Gasteiger partial charge is 0.497 e. The predicted molar refractivity (Wildman–Crippen MR) is 127 cm³/mol. The maximum absolute atomic E-state index is 13.7. The smallest absolute Gasteiger partial charge is 0.308 e. The first-order valence-corrected chi connectivity index (χ1v) is 12.3. The van der Waals surface area contributed by atoms with Crippen LogP contribution in [0.5, 0.6) is 11.5 Å². The summed E-state index contributed by atoms with van der Waals surface area (Å²) in [6, 6.07) is 11.2. The third kappa shape index (κ3) is 5.44. The number of carbonyl (C=O) groups excluding carboxylic acids is 2. The van der Waals surface area contributed by atoms with Gasteiger partial charge in [-0.15, -0.1) is 0 Å². The van der Waals surface area contributed by atoms with Gasteiger partial charge in [0.15, 0.2) is 0 Å². The molecule has 0 atom stereocenters. The van der Waals surface area contributed by atoms with Crippen LogP contribution in [0.3, 0.4) is 0 Å². The zero-order chi connectivity index (χ0) is 24.9. The Bertz CT molecular complexity index is 1120. The van der Waals surface area contributed by atoms with Crippen LogP contribution in [-0.2, 0) is 24.3 Å². The molecule has 184 valence electrons. The first kappa shape index (κ1) is 25.4. The lowest BCUT2D eigenvalue weighted by atomic mass is 9.97. The number of nitrogens with zero attached hydrogens (tertiary/aromatic N) is 2. The van der Waals surface area contributed by atoms with Crippen molar-refractivity contribution in [1.82, 2.24) is 4.90 Å². The van der Waals surface area contributed by atoms with Crippen molar-refractivity contribution in [1.29, 1.82) is 0 Å². The highest BCUT2D eigenvalue weighted by Crippen LogP contribution is 2.35. The fourth-order valence-corrected chi connectivity index (χ4v) is 5.31. The second-order valence-corrected chi connectivity index (χ2v) is 9.90. The summed E-state index contributed by atoms with van der Waals surface area (Å²) in [4.78, 5) is 26.7. The van der Waals surface area contributed by atoms with E-state index >= 15 is 0 Å². The number of rotatable bonds is 8. The van der Waals surface area contributed by atoms with E-state index in [1.54, 1.807) is 35.2 Å². The Labute approximate surface area is 200 Å². The van der Waals surface area contributed by atoms with Crippen LogP contribution in [0.4, 0.5) is 5.69 Å². The molecule has 2 aromatic rings. The molecule has 0 aliphatic carbocycles. The van der Waals surface area contributed by atoms with E-state index in [4.69, 9.17) is 14.2 Å². The molecule has 1 amide bonds. The van der Waals surface area contributed by atoms with Gasteiger partial charge in [-0.1, -0.05) is 17.7 Å². The molecule has 0 unspecified atom stereocenters. The normalized spacial score (nSPS) is 14.4. The number of likely N-dealkylation sites (tertiary alicyclic amines) is 1. The van der Waals surface area contributed by atoms with Crippen LogP contribution >= 0.6 is 0 Å². The minimum atomic E-state index is -4.09. The summed E-state index contributed by atoms with van der Waals surface area (Å²) in [5, 5.41) is 0. The maximum Gasteiger partial charge on any atom is 0.308 e. The van der Waals surface area contributed by atoms with Crippen molar-refractivity contribution in [3.63, 3.8) is 0 Å². The average Bonchev–Trinajstić information content (AvgIpc) is 2.86. The molecule has 1 aliphatic heterocycles. The van der Waals surface area contributed by atoms with Crippen molar-refractivity contribution >= 4 is 27.6 Å². The first-order chi connectivity index (χ1) is 16.2. The quantitative estimate of drug-likeness (QED) is 0.524. The van der Waals surface area contributed by atoms with E-state index in [0.717, 1.165) is 9.87 Å². The number of anilines is 1. The number of carbonyl (C=O) groups is 2. The number of sulfonamides is 1. The van der Waals surface area contributed by atoms with Gasteiger partial charge in [0, 0.05) is 19.2 Å². The molecule has 0 saturated carbocycles. The number of benzene rings is 2. The highest BCUT2D eigenvalue weighted by molar-refractivity contribution is 7.92. The molecular formula is C24H30N2O7S. The minimum absolute atomic E-state index is 0.0631. The van der Waals surface area contributed by atoms with Gasteiger partial charge < -0.3 is 19.1 Å². The lowest BCUT2D eigenvalue weighted by Crippen LogP contribution is -2.46. The van der Waals surface area contributed by atoms with Crippen LogP contribution in [0.2, 0.25) is 0 Å². The highest BCUT2D eigenvalue weighted by atomic mass is 32.2. The molecule has 2 aromatic carbocycles. The van der Waals surface area contributed by atoms with Gasteiger partial charge in [0.2, 0.25) is 5.91 Å². The van der Waals surface area contributed by atoms with E-state index < -0.39 is 16.6 Å². The molecule has 1 heterocycles. The van der Waals surface area contributed by atoms with Crippen molar-refractivity contribution in [3.05, 3.63) is 48.0 Å². The SMILES string of the molecule is COC(=O)C1CCN(C(=O)CN(c2ccc(OC)cc2OC)S(=O)(=O)c2ccc(C)cc2)CC1. The monoisotopic (exact) mass is 490 g/mol. The third-order valence-corrected chi connectivity index (χ3v) is 7.70. The molecule has 1 aliphatic rings. The van der Waals surface area contributed by atoms with E-state index in [1.165, 1.54) is 33.5 Å². The molecule has 10 heteroatoms. The molecule has 1 fully saturated rings. The Morgan fingerprint density at radius 1 is 1.00 bits per heavy atom. The molecule has 0 N–H and O–H groups in total. The summed E-state index contributed by atoms with van der Waals surface area (Å²) < 4.78 is 43.9. The van der Waals surface area contributed by atoms with Gasteiger partial charge in [0.25, 0.3) is 10.0 Å². The number of ether oxygens (including phenoxy) is 3. The fraction of sp³-hybridized carbons (Fsp3) is 0.417. The molecule has 1 saturated heterocycles. The molecule has 0 spiro atoms. The molecule has 0 radical (unpaired) electrons. The Morgan fingerprint density at radius 3 is 2.21 bits per heavy atom. The van der Waals surface area contributed by atoms with E-state index in [0.29, 0.717) is 31.7 Å². The number of hydrogen-bond donors (Lipinski definition) is 0. The Hall–Kier alpha value is -3.27. The summed E-state index contributed by atoms with van der Waals surface area (Å²) in [5.74, 6) is -0.171. The summed E-state index contributed by atoms with van der Waals surface area (Å²) in [6.45, 7) is 2.14. The maximum atomic E-state index is 13.7. The molecule has 9 nitrogen and oxygen atoms in total. The lowest BCUT2D eigenvalue weighted by molar-refractivity contribution is -0.148. The van der Waals surface area contributed by atoms with Gasteiger partial charge in [0.05, 0.1) is 37.8 Å². The van der Waals surface area contributed by atoms with E-state index in [1.807, 2.05) is 6.92 Å². The summed E-state index contributed by atoms with van der Waals surface area (Å²) in [5.41, 5.74) is 1.14. The Kier molecular flexibility index (Phi) is 8.03. The van der Waals surface area contributed by atoms with Crippen LogP contribution in [0.25, 0.3) is 0 Å². The Balaban J connectivity index is 1.94. The zero-order valence-electron chi connectivity index (χ0n) is 19.8. The van der Waals surface area contributed by atoms with E-state index in [-0.39, 0.29) is 34.1 Å². The van der Waals surface area contributed by atoms with Crippen molar-refractivity contribution in [2.45, 2.75) is 24.7 Å². The molecule has 34 heavy (non-hydrogen) atoms. The van der Waals surface area contributed by atoms with Crippen LogP contribution in [0.1, 0.15) is 18.4 Å². The molecule has 0 bridgehead atoms. The summed E-state index contributed by atoms with van der Waals surface area (Å²) in [6.07, 6.45) is 0.934. The van der Waals surface area contributed by atoms with Crippen molar-refractivity contribution in [2.75, 3.05) is 45.3 Å². The zero-order valence-corrected chi connectivity index (χ0v) is 20.6. The summed E-state index contributed by atoms with van der Waals surface area (Å²) in [7, 11) is 0.171. The fourth-order valence-electron chi connectivity index (χ4n) is 3.88. The molecule has 3 rings (SSSR count). The average molecular weight is 491 g/mol. The second kappa shape index (κ2) is 10.8. The number of amides is 1. The number of piperidine rings is 1. The second-order valence-electron chi connectivity index (χ2n) is 8.04. The van der Waals surface area contributed by atoms with Crippen LogP contribution in [0.15, 0.2) is 47.4 Å². The van der Waals surface area contributed by atoms with Gasteiger partial charge in [-0.3, -0.25) is 13.9 Å². The van der Waals surface area contributed by atoms with Crippen molar-refractivity contribution < 1.29 is 32.2 Å². The molecule has 0 aromatic heterocycles. The number of esters is 1. The van der Waals surface area contributed by atoms with Gasteiger partial charge in [-0.25, -0.2) is 8.42 Å². The predicted octanol–water partition coefficient (Wildman–Crippen LogP) is 2.62. The standard InChI is InChI=1S/C24H30N2O7S/c1-17-5-8-20(9-6-17)34(29,30)26(21-10-7-19(31-2)15-22(21)32-3)16-23(27)25-13-11-18(12-14-25)24(28)33-4/h5-10,15,18H,11-14,16H2,1-4H3. The number of aryl methyl sites for hydroxylation is 1. The van der Waals surface area contributed by atoms with Crippen molar-refractivity contribution in [2.24, 2.45) is 5.92 Å². The van der Waals surface area contributed by atoms with Crippen LogP contribution in [-0.4, -0.2) is 66.2 Å². The van der Waals surface area contributed by atoms with Crippen LogP contribution in [0, 0.1) is 12.8 Å². The van der Waals surface area contributed by atoms with Gasteiger partial charge in [0.1, 0.15) is 18.0 Å². The van der Waals surface area contributed by atoms with Gasteiger partial charge in [-0.05, 0) is 44.0 Å². The van der Waals surface area contributed by atoms with E-state index in [9.17, 15) is 18.0 Å². The molecular weight excluding hydrogens is 460 g/mol. The minimum Gasteiger partial charge on any atom is -0.497 e. The lowest BCUT2D eigenvalue weighted by Gasteiger charge is -2.33. The van der Waals surface area contributed by atoms with Gasteiger partial charge >= 0.3 is 5.97 Å². The van der Waals surface area contributed by atoms with Gasteiger partial charge in [-0.2, -0.15) is 0 Å². The highest BCUT2D eigenvalue weighted by Gasteiger charge is 2.33. The number of methoxy groups -OCH3 is 3. The van der Waals surface area contributed by atoms with Crippen molar-refractivity contribution in [3.8, 4) is 11.5 Å². The summed E-state index contributed by atoms with van der Waals surface area (Å²) >= 11 is 0. The first-order valence-electron chi connectivity index (χ1n) is 10.9. The number of hydrogen-bond acceptors (Lipinski definition) is 7. The van der Waals surface area contributed by atoms with E-state index in [2.05, 4.69) is 0 Å². The van der Waals surface area contributed by atoms with Crippen LogP contribution < -0.4 is 13.8 Å². The topological polar surface area (TPSA) is 102 Å².